The topological polar surface area (TPSA) is 85.0 Å². The highest BCUT2D eigenvalue weighted by Crippen LogP contribution is 2.20. The highest BCUT2D eigenvalue weighted by atomic mass is 32.2. The van der Waals surface area contributed by atoms with E-state index in [0.29, 0.717) is 18.0 Å². The van der Waals surface area contributed by atoms with Crippen molar-refractivity contribution < 1.29 is 13.2 Å². The summed E-state index contributed by atoms with van der Waals surface area (Å²) in [5, 5.41) is 0. The van der Waals surface area contributed by atoms with Crippen molar-refractivity contribution in [2.24, 2.45) is 10.1 Å². The Morgan fingerprint density at radius 3 is 2.32 bits per heavy atom. The number of nitrogens with two attached hydrogens (primary N) is 1. The van der Waals surface area contributed by atoms with Crippen molar-refractivity contribution in [1.82, 2.24) is 0 Å². The Bertz CT molecular complexity index is 857. The van der Waals surface area contributed by atoms with E-state index in [2.05, 4.69) is 11.0 Å². The van der Waals surface area contributed by atoms with Gasteiger partial charge in [0.1, 0.15) is 5.75 Å². The van der Waals surface area contributed by atoms with E-state index in [1.54, 1.807) is 54.5 Å². The summed E-state index contributed by atoms with van der Waals surface area (Å²) in [4.78, 5) is 1.65. The number of anilines is 1. The molecule has 25 heavy (non-hydrogen) atoms. The van der Waals surface area contributed by atoms with Crippen LogP contribution in [0.25, 0.3) is 0 Å². The summed E-state index contributed by atoms with van der Waals surface area (Å²) < 4.78 is 33.8. The van der Waals surface area contributed by atoms with Gasteiger partial charge in [0.25, 0.3) is 10.0 Å². The number of ether oxygens (including phenoxy) is 1. The Balaban J connectivity index is 2.37. The second-order valence-corrected chi connectivity index (χ2v) is 6.94. The van der Waals surface area contributed by atoms with Crippen molar-refractivity contribution in [3.8, 4) is 5.75 Å². The molecule has 0 aromatic heterocycles. The van der Waals surface area contributed by atoms with E-state index in [0.717, 1.165) is 5.56 Å². The van der Waals surface area contributed by atoms with Crippen LogP contribution in [-0.2, 0) is 10.0 Å². The predicted molar refractivity (Wildman–Crippen MR) is 101 cm³/mol. The average Bonchev–Trinajstić information content (AvgIpc) is 2.59. The van der Waals surface area contributed by atoms with Crippen LogP contribution < -0.4 is 15.4 Å². The predicted octanol–water partition coefficient (Wildman–Crippen LogP) is 2.70. The molecule has 0 heterocycles. The first-order valence-electron chi connectivity index (χ1n) is 7.57. The Morgan fingerprint density at radius 2 is 1.80 bits per heavy atom. The molecule has 0 atom stereocenters. The molecule has 7 heteroatoms. The summed E-state index contributed by atoms with van der Waals surface area (Å²) in [5.41, 5.74) is 7.62. The molecule has 0 bridgehead atoms. The number of hydrogen-bond acceptors (Lipinski definition) is 3. The van der Waals surface area contributed by atoms with Gasteiger partial charge < -0.3 is 15.4 Å². The van der Waals surface area contributed by atoms with Crippen LogP contribution in [0.3, 0.4) is 0 Å². The minimum absolute atomic E-state index is 0.0920. The monoisotopic (exact) mass is 359 g/mol. The molecule has 0 amide bonds. The first-order chi connectivity index (χ1) is 11.9. The molecule has 0 saturated carbocycles. The summed E-state index contributed by atoms with van der Waals surface area (Å²) in [6.45, 7) is 5.87. The van der Waals surface area contributed by atoms with Crippen LogP contribution in [0.1, 0.15) is 5.56 Å². The fraction of sp³-hybridized carbons (Fsp3) is 0.167. The minimum atomic E-state index is -3.90. The third kappa shape index (κ3) is 4.60. The van der Waals surface area contributed by atoms with Crippen molar-refractivity contribution in [2.75, 3.05) is 18.6 Å². The van der Waals surface area contributed by atoms with Gasteiger partial charge in [0, 0.05) is 12.2 Å². The van der Waals surface area contributed by atoms with Crippen molar-refractivity contribution in [3.05, 3.63) is 66.7 Å². The highest BCUT2D eigenvalue weighted by molar-refractivity contribution is 7.90. The van der Waals surface area contributed by atoms with Crippen molar-refractivity contribution in [3.63, 3.8) is 0 Å². The minimum Gasteiger partial charge on any atom is -0.497 e. The lowest BCUT2D eigenvalue weighted by atomic mass is 10.2. The quantitative estimate of drug-likeness (QED) is 0.487. The number of guanidine groups is 1. The van der Waals surface area contributed by atoms with Crippen molar-refractivity contribution in [2.45, 2.75) is 11.8 Å². The van der Waals surface area contributed by atoms with Gasteiger partial charge >= 0.3 is 0 Å². The zero-order valence-corrected chi connectivity index (χ0v) is 15.0. The zero-order valence-electron chi connectivity index (χ0n) is 14.2. The maximum absolute atomic E-state index is 12.5. The van der Waals surface area contributed by atoms with Gasteiger partial charge in [-0.3, -0.25) is 0 Å². The number of hydrogen-bond donors (Lipinski definition) is 1. The van der Waals surface area contributed by atoms with Crippen LogP contribution in [0.4, 0.5) is 5.69 Å². The zero-order chi connectivity index (χ0) is 18.4. The van der Waals surface area contributed by atoms with Gasteiger partial charge in [-0.05, 0) is 43.3 Å². The first kappa shape index (κ1) is 18.5. The molecule has 132 valence electrons. The van der Waals surface area contributed by atoms with Crippen LogP contribution in [-0.4, -0.2) is 28.0 Å². The molecule has 0 unspecified atom stereocenters. The van der Waals surface area contributed by atoms with Gasteiger partial charge in [-0.2, -0.15) is 8.42 Å². The second kappa shape index (κ2) is 7.85. The maximum Gasteiger partial charge on any atom is 0.285 e. The van der Waals surface area contributed by atoms with Gasteiger partial charge in [-0.25, -0.2) is 0 Å². The molecule has 0 aliphatic rings. The third-order valence-corrected chi connectivity index (χ3v) is 4.80. The smallest absolute Gasteiger partial charge is 0.285 e. The van der Waals surface area contributed by atoms with Crippen molar-refractivity contribution >= 4 is 21.7 Å². The summed E-state index contributed by atoms with van der Waals surface area (Å²) in [6.07, 6.45) is 1.62. The Labute approximate surface area is 148 Å². The van der Waals surface area contributed by atoms with Crippen LogP contribution >= 0.6 is 0 Å². The van der Waals surface area contributed by atoms with E-state index in [-0.39, 0.29) is 10.9 Å². The van der Waals surface area contributed by atoms with Crippen LogP contribution in [0.5, 0.6) is 5.75 Å². The largest absolute Gasteiger partial charge is 0.497 e. The number of methoxy groups -OCH3 is 1. The van der Waals surface area contributed by atoms with Gasteiger partial charge in [-0.1, -0.05) is 23.8 Å². The molecular weight excluding hydrogens is 338 g/mol. The molecule has 0 radical (unpaired) electrons. The Kier molecular flexibility index (Phi) is 5.82. The molecule has 0 spiro atoms. The molecule has 2 aromatic rings. The lowest BCUT2D eigenvalue weighted by molar-refractivity contribution is 0.415. The molecule has 2 rings (SSSR count). The van der Waals surface area contributed by atoms with Crippen LogP contribution in [0.15, 0.2) is 70.5 Å². The highest BCUT2D eigenvalue weighted by Gasteiger charge is 2.17. The maximum atomic E-state index is 12.5. The molecule has 2 aromatic carbocycles. The Morgan fingerprint density at radius 1 is 1.20 bits per heavy atom. The number of rotatable bonds is 6. The van der Waals surface area contributed by atoms with Crippen molar-refractivity contribution in [1.29, 1.82) is 0 Å². The van der Waals surface area contributed by atoms with E-state index in [9.17, 15) is 8.42 Å². The lowest BCUT2D eigenvalue weighted by Crippen LogP contribution is -2.38. The summed E-state index contributed by atoms with van der Waals surface area (Å²) in [5.74, 6) is 0.552. The Hall–Kier alpha value is -2.80. The van der Waals surface area contributed by atoms with E-state index >= 15 is 0 Å². The summed E-state index contributed by atoms with van der Waals surface area (Å²) in [7, 11) is -2.33. The number of sulfonamides is 1. The lowest BCUT2D eigenvalue weighted by Gasteiger charge is -2.22. The molecule has 0 fully saturated rings. The van der Waals surface area contributed by atoms with E-state index in [1.807, 2.05) is 6.92 Å². The van der Waals surface area contributed by atoms with Gasteiger partial charge in [0.05, 0.1) is 12.0 Å². The van der Waals surface area contributed by atoms with Crippen LogP contribution in [0, 0.1) is 6.92 Å². The third-order valence-electron chi connectivity index (χ3n) is 3.50. The second-order valence-electron chi connectivity index (χ2n) is 5.33. The summed E-state index contributed by atoms with van der Waals surface area (Å²) in [6, 6.07) is 13.5. The van der Waals surface area contributed by atoms with Gasteiger partial charge in [0.2, 0.25) is 5.96 Å². The molecule has 0 aliphatic heterocycles. The van der Waals surface area contributed by atoms with E-state index in [1.165, 1.54) is 12.1 Å². The van der Waals surface area contributed by atoms with E-state index < -0.39 is 10.0 Å². The number of nitrogens with zero attached hydrogens (tertiary/aromatic N) is 2. The molecule has 2 N–H and O–H groups in total. The molecule has 0 aliphatic carbocycles. The first-order valence-corrected chi connectivity index (χ1v) is 9.01. The van der Waals surface area contributed by atoms with Gasteiger partial charge in [0.15, 0.2) is 0 Å². The number of benzene rings is 2. The molecule has 6 nitrogen and oxygen atoms in total. The number of aryl methyl sites for hydroxylation is 1. The SMILES string of the molecule is C=CCN(/C(N)=N/S(=O)(=O)c1ccc(C)cc1)c1ccc(OC)cc1. The van der Waals surface area contributed by atoms with Crippen LogP contribution in [0.2, 0.25) is 0 Å². The fourth-order valence-electron chi connectivity index (χ4n) is 2.16. The fourth-order valence-corrected chi connectivity index (χ4v) is 3.09. The molecular formula is C18H21N3O3S. The normalized spacial score (nSPS) is 11.8. The average molecular weight is 359 g/mol. The summed E-state index contributed by atoms with van der Waals surface area (Å²) >= 11 is 0. The standard InChI is InChI=1S/C18H21N3O3S/c1-4-13-21(15-7-9-16(24-3)10-8-15)18(19)20-25(22,23)17-11-5-14(2)6-12-17/h4-12H,1,13H2,2-3H3,(H2,19,20). The molecule has 0 saturated heterocycles. The van der Waals surface area contributed by atoms with Gasteiger partial charge in [-0.15, -0.1) is 11.0 Å². The van der Waals surface area contributed by atoms with E-state index in [4.69, 9.17) is 10.5 Å².